The molecule has 16 heavy (non-hydrogen) atoms. The summed E-state index contributed by atoms with van der Waals surface area (Å²) in [7, 11) is 0. The lowest BCUT2D eigenvalue weighted by atomic mass is 10.0. The zero-order valence-electron chi connectivity index (χ0n) is 9.86. The fourth-order valence-electron chi connectivity index (χ4n) is 2.16. The number of nitrogens with zero attached hydrogens (tertiary/aromatic N) is 1. The maximum absolute atomic E-state index is 11.4. The van der Waals surface area contributed by atoms with E-state index in [0.717, 1.165) is 19.5 Å². The molecule has 1 amide bonds. The molecule has 2 rings (SSSR count). The minimum Gasteiger partial charge on any atom is -0.335 e. The molecule has 0 aromatic heterocycles. The highest BCUT2D eigenvalue weighted by Crippen LogP contribution is 2.11. The fraction of sp³-hybridized carbons (Fsp3) is 0.357. The Morgan fingerprint density at radius 1 is 1.19 bits per heavy atom. The van der Waals surface area contributed by atoms with Crippen molar-refractivity contribution in [1.82, 2.24) is 4.90 Å². The van der Waals surface area contributed by atoms with Gasteiger partial charge in [0.15, 0.2) is 0 Å². The molecule has 0 N–H and O–H groups in total. The number of rotatable bonds is 3. The van der Waals surface area contributed by atoms with Gasteiger partial charge in [0.2, 0.25) is 5.91 Å². The van der Waals surface area contributed by atoms with Crippen LogP contribution in [0.4, 0.5) is 0 Å². The second kappa shape index (κ2) is 4.52. The zero-order chi connectivity index (χ0) is 11.5. The van der Waals surface area contributed by atoms with Crippen LogP contribution in [0.2, 0.25) is 0 Å². The first-order valence-electron chi connectivity index (χ1n) is 5.68. The van der Waals surface area contributed by atoms with Gasteiger partial charge in [-0.2, -0.15) is 0 Å². The lowest BCUT2D eigenvalue weighted by Crippen LogP contribution is -2.27. The molecule has 2 nitrogen and oxygen atoms in total. The first-order chi connectivity index (χ1) is 7.65. The molecule has 1 aromatic rings. The van der Waals surface area contributed by atoms with Crippen LogP contribution >= 0.6 is 0 Å². The van der Waals surface area contributed by atoms with Crippen LogP contribution in [0.3, 0.4) is 0 Å². The average Bonchev–Trinajstić information content (AvgIpc) is 2.59. The number of hydrogen-bond acceptors (Lipinski definition) is 1. The summed E-state index contributed by atoms with van der Waals surface area (Å²) in [5.41, 5.74) is 3.90. The molecule has 0 fully saturated rings. The first-order valence-corrected chi connectivity index (χ1v) is 5.68. The SMILES string of the molecule is Cc1cc(C)cc(CCN2CC=CC2=O)c1. The summed E-state index contributed by atoms with van der Waals surface area (Å²) < 4.78 is 0. The molecule has 1 heterocycles. The molecule has 1 aliphatic rings. The van der Waals surface area contributed by atoms with Crippen LogP contribution in [-0.4, -0.2) is 23.9 Å². The Balaban J connectivity index is 1.97. The van der Waals surface area contributed by atoms with Gasteiger partial charge in [0.25, 0.3) is 0 Å². The summed E-state index contributed by atoms with van der Waals surface area (Å²) in [4.78, 5) is 13.2. The van der Waals surface area contributed by atoms with E-state index in [1.54, 1.807) is 6.08 Å². The van der Waals surface area contributed by atoms with Crippen molar-refractivity contribution in [3.05, 3.63) is 47.0 Å². The van der Waals surface area contributed by atoms with Crippen molar-refractivity contribution in [3.8, 4) is 0 Å². The number of aryl methyl sites for hydroxylation is 2. The molecular weight excluding hydrogens is 198 g/mol. The van der Waals surface area contributed by atoms with Gasteiger partial charge in [0.1, 0.15) is 0 Å². The molecule has 2 heteroatoms. The van der Waals surface area contributed by atoms with Crippen molar-refractivity contribution in [1.29, 1.82) is 0 Å². The normalized spacial score (nSPS) is 14.9. The van der Waals surface area contributed by atoms with Crippen molar-refractivity contribution < 1.29 is 4.79 Å². The van der Waals surface area contributed by atoms with Crippen molar-refractivity contribution in [2.45, 2.75) is 20.3 Å². The van der Waals surface area contributed by atoms with Crippen LogP contribution < -0.4 is 0 Å². The van der Waals surface area contributed by atoms with Gasteiger partial charge < -0.3 is 4.90 Å². The van der Waals surface area contributed by atoms with Crippen molar-refractivity contribution in [2.24, 2.45) is 0 Å². The van der Waals surface area contributed by atoms with Gasteiger partial charge >= 0.3 is 0 Å². The van der Waals surface area contributed by atoms with Crippen molar-refractivity contribution in [2.75, 3.05) is 13.1 Å². The number of amides is 1. The maximum atomic E-state index is 11.4. The van der Waals surface area contributed by atoms with Crippen LogP contribution in [0.5, 0.6) is 0 Å². The Morgan fingerprint density at radius 3 is 2.44 bits per heavy atom. The second-order valence-electron chi connectivity index (χ2n) is 4.43. The van der Waals surface area contributed by atoms with E-state index in [0.29, 0.717) is 0 Å². The van der Waals surface area contributed by atoms with Gasteiger partial charge in [-0.15, -0.1) is 0 Å². The number of hydrogen-bond donors (Lipinski definition) is 0. The predicted octanol–water partition coefficient (Wildman–Crippen LogP) is 2.24. The molecular formula is C14H17NO. The number of carbonyl (C=O) groups is 1. The Kier molecular flexibility index (Phi) is 3.09. The molecule has 0 aliphatic carbocycles. The molecule has 0 atom stereocenters. The van der Waals surface area contributed by atoms with Gasteiger partial charge in [0, 0.05) is 19.2 Å². The summed E-state index contributed by atoms with van der Waals surface area (Å²) in [6.45, 7) is 5.80. The average molecular weight is 215 g/mol. The van der Waals surface area contributed by atoms with Crippen LogP contribution in [0, 0.1) is 13.8 Å². The third kappa shape index (κ3) is 2.51. The minimum absolute atomic E-state index is 0.143. The van der Waals surface area contributed by atoms with E-state index in [9.17, 15) is 4.79 Å². The van der Waals surface area contributed by atoms with E-state index >= 15 is 0 Å². The van der Waals surface area contributed by atoms with Crippen LogP contribution in [0.1, 0.15) is 16.7 Å². The van der Waals surface area contributed by atoms with E-state index in [1.807, 2.05) is 11.0 Å². The monoisotopic (exact) mass is 215 g/mol. The molecule has 0 spiro atoms. The Hall–Kier alpha value is -1.57. The largest absolute Gasteiger partial charge is 0.335 e. The molecule has 1 aromatic carbocycles. The highest BCUT2D eigenvalue weighted by molar-refractivity contribution is 5.89. The van der Waals surface area contributed by atoms with Crippen LogP contribution in [-0.2, 0) is 11.2 Å². The third-order valence-electron chi connectivity index (χ3n) is 2.85. The van der Waals surface area contributed by atoms with Gasteiger partial charge in [-0.1, -0.05) is 35.4 Å². The zero-order valence-corrected chi connectivity index (χ0v) is 9.86. The van der Waals surface area contributed by atoms with E-state index < -0.39 is 0 Å². The van der Waals surface area contributed by atoms with E-state index in [-0.39, 0.29) is 5.91 Å². The summed E-state index contributed by atoms with van der Waals surface area (Å²) in [6, 6.07) is 6.56. The van der Waals surface area contributed by atoms with Gasteiger partial charge in [0.05, 0.1) is 0 Å². The lowest BCUT2D eigenvalue weighted by molar-refractivity contribution is -0.124. The van der Waals surface area contributed by atoms with Crippen molar-refractivity contribution in [3.63, 3.8) is 0 Å². The highest BCUT2D eigenvalue weighted by Gasteiger charge is 2.13. The van der Waals surface area contributed by atoms with Crippen LogP contribution in [0.15, 0.2) is 30.4 Å². The second-order valence-corrected chi connectivity index (χ2v) is 4.43. The fourth-order valence-corrected chi connectivity index (χ4v) is 2.16. The Labute approximate surface area is 96.6 Å². The summed E-state index contributed by atoms with van der Waals surface area (Å²) >= 11 is 0. The Bertz CT molecular complexity index is 414. The molecule has 1 aliphatic heterocycles. The number of carbonyl (C=O) groups excluding carboxylic acids is 1. The van der Waals surface area contributed by atoms with Gasteiger partial charge in [-0.25, -0.2) is 0 Å². The maximum Gasteiger partial charge on any atom is 0.246 e. The predicted molar refractivity (Wildman–Crippen MR) is 65.3 cm³/mol. The van der Waals surface area contributed by atoms with E-state index in [2.05, 4.69) is 32.0 Å². The van der Waals surface area contributed by atoms with E-state index in [1.165, 1.54) is 16.7 Å². The summed E-state index contributed by atoms with van der Waals surface area (Å²) in [6.07, 6.45) is 4.52. The van der Waals surface area contributed by atoms with E-state index in [4.69, 9.17) is 0 Å². The topological polar surface area (TPSA) is 20.3 Å². The Morgan fingerprint density at radius 2 is 1.88 bits per heavy atom. The molecule has 0 saturated carbocycles. The minimum atomic E-state index is 0.143. The standard InChI is InChI=1S/C14H17NO/c1-11-8-12(2)10-13(9-11)5-7-15-6-3-4-14(15)16/h3-4,8-10H,5-7H2,1-2H3. The lowest BCUT2D eigenvalue weighted by Gasteiger charge is -2.15. The van der Waals surface area contributed by atoms with Crippen molar-refractivity contribution >= 4 is 5.91 Å². The smallest absolute Gasteiger partial charge is 0.246 e. The molecule has 0 unspecified atom stereocenters. The summed E-state index contributed by atoms with van der Waals surface area (Å²) in [5.74, 6) is 0.143. The van der Waals surface area contributed by atoms with Crippen LogP contribution in [0.25, 0.3) is 0 Å². The highest BCUT2D eigenvalue weighted by atomic mass is 16.2. The summed E-state index contributed by atoms with van der Waals surface area (Å²) in [5, 5.41) is 0. The quantitative estimate of drug-likeness (QED) is 0.757. The molecule has 0 bridgehead atoms. The molecule has 84 valence electrons. The van der Waals surface area contributed by atoms with Gasteiger partial charge in [-0.05, 0) is 25.8 Å². The van der Waals surface area contributed by atoms with Gasteiger partial charge in [-0.3, -0.25) is 4.79 Å². The third-order valence-corrected chi connectivity index (χ3v) is 2.85. The molecule has 0 saturated heterocycles. The number of benzene rings is 1. The molecule has 0 radical (unpaired) electrons. The first kappa shape index (κ1) is 10.9.